The number of anilines is 2. The molecule has 0 atom stereocenters. The highest BCUT2D eigenvalue weighted by Crippen LogP contribution is 2.23. The van der Waals surface area contributed by atoms with Crippen LogP contribution in [0.15, 0.2) is 30.6 Å². The van der Waals surface area contributed by atoms with Gasteiger partial charge in [0.1, 0.15) is 11.5 Å². The first-order valence-electron chi connectivity index (χ1n) is 5.67. The van der Waals surface area contributed by atoms with Gasteiger partial charge in [0, 0.05) is 7.05 Å². The molecule has 1 amide bonds. The molecule has 0 unspecified atom stereocenters. The number of nitrogens with one attached hydrogen (secondary N) is 2. The van der Waals surface area contributed by atoms with Crippen LogP contribution in [0, 0.1) is 6.92 Å². The molecule has 2 aromatic rings. The zero-order valence-corrected chi connectivity index (χ0v) is 11.3. The number of aromatic nitrogens is 2. The van der Waals surface area contributed by atoms with Crippen LogP contribution in [0.5, 0.6) is 0 Å². The Morgan fingerprint density at radius 2 is 2.11 bits per heavy atom. The largest absolute Gasteiger partial charge is 0.372 e. The van der Waals surface area contributed by atoms with Crippen LogP contribution in [0.1, 0.15) is 16.1 Å². The summed E-state index contributed by atoms with van der Waals surface area (Å²) in [7, 11) is 1.71. The maximum atomic E-state index is 12.0. The van der Waals surface area contributed by atoms with Gasteiger partial charge in [0.2, 0.25) is 0 Å². The summed E-state index contributed by atoms with van der Waals surface area (Å²) < 4.78 is 0. The number of amides is 1. The number of nitrogens with zero attached hydrogens (tertiary/aromatic N) is 2. The maximum Gasteiger partial charge on any atom is 0.275 e. The van der Waals surface area contributed by atoms with Crippen LogP contribution < -0.4 is 10.6 Å². The minimum atomic E-state index is -0.350. The van der Waals surface area contributed by atoms with Gasteiger partial charge in [-0.1, -0.05) is 17.7 Å². The van der Waals surface area contributed by atoms with Crippen molar-refractivity contribution < 1.29 is 4.79 Å². The first-order chi connectivity index (χ1) is 9.10. The molecule has 0 aliphatic heterocycles. The van der Waals surface area contributed by atoms with Gasteiger partial charge in [-0.2, -0.15) is 0 Å². The number of halogens is 1. The Bertz CT molecular complexity index is 615. The molecule has 1 aromatic heterocycles. The molecule has 2 N–H and O–H groups in total. The molecule has 0 aliphatic carbocycles. The van der Waals surface area contributed by atoms with Crippen LogP contribution >= 0.6 is 11.6 Å². The fourth-order valence-electron chi connectivity index (χ4n) is 1.52. The Morgan fingerprint density at radius 3 is 2.84 bits per heavy atom. The van der Waals surface area contributed by atoms with E-state index < -0.39 is 0 Å². The first kappa shape index (κ1) is 13.3. The lowest BCUT2D eigenvalue weighted by Gasteiger charge is -2.08. The Morgan fingerprint density at radius 1 is 1.32 bits per heavy atom. The van der Waals surface area contributed by atoms with Crippen LogP contribution in [0.25, 0.3) is 0 Å². The van der Waals surface area contributed by atoms with Gasteiger partial charge in [-0.05, 0) is 24.6 Å². The molecular formula is C13H13ClN4O. The van der Waals surface area contributed by atoms with Crippen molar-refractivity contribution in [1.29, 1.82) is 0 Å². The molecule has 0 saturated carbocycles. The Balaban J connectivity index is 2.22. The van der Waals surface area contributed by atoms with Crippen LogP contribution in [-0.2, 0) is 0 Å². The smallest absolute Gasteiger partial charge is 0.275 e. The minimum absolute atomic E-state index is 0.226. The summed E-state index contributed by atoms with van der Waals surface area (Å²) in [5.41, 5.74) is 1.79. The fraction of sp³-hybridized carbons (Fsp3) is 0.154. The maximum absolute atomic E-state index is 12.0. The van der Waals surface area contributed by atoms with Crippen LogP contribution in [-0.4, -0.2) is 22.9 Å². The van der Waals surface area contributed by atoms with Gasteiger partial charge < -0.3 is 10.6 Å². The number of carbonyl (C=O) groups excluding carboxylic acids is 1. The van der Waals surface area contributed by atoms with Crippen molar-refractivity contribution in [3.8, 4) is 0 Å². The lowest BCUT2D eigenvalue weighted by Crippen LogP contribution is -2.15. The van der Waals surface area contributed by atoms with E-state index in [2.05, 4.69) is 20.6 Å². The van der Waals surface area contributed by atoms with Gasteiger partial charge in [0.05, 0.1) is 23.1 Å². The zero-order chi connectivity index (χ0) is 13.8. The highest BCUT2D eigenvalue weighted by atomic mass is 35.5. The third-order valence-electron chi connectivity index (χ3n) is 2.49. The van der Waals surface area contributed by atoms with Crippen molar-refractivity contribution >= 4 is 29.0 Å². The molecule has 19 heavy (non-hydrogen) atoms. The second-order valence-electron chi connectivity index (χ2n) is 3.98. The van der Waals surface area contributed by atoms with Gasteiger partial charge in [-0.15, -0.1) is 0 Å². The number of hydrogen-bond acceptors (Lipinski definition) is 4. The van der Waals surface area contributed by atoms with E-state index in [1.54, 1.807) is 19.2 Å². The summed E-state index contributed by atoms with van der Waals surface area (Å²) in [6, 6.07) is 5.41. The molecule has 1 heterocycles. The number of hydrogen-bond donors (Lipinski definition) is 2. The molecule has 2 rings (SSSR count). The fourth-order valence-corrected chi connectivity index (χ4v) is 1.68. The summed E-state index contributed by atoms with van der Waals surface area (Å²) in [5, 5.41) is 6.03. The van der Waals surface area contributed by atoms with Crippen molar-refractivity contribution in [2.75, 3.05) is 17.7 Å². The second kappa shape index (κ2) is 5.67. The molecule has 0 aliphatic rings. The predicted molar refractivity (Wildman–Crippen MR) is 75.7 cm³/mol. The average Bonchev–Trinajstić information content (AvgIpc) is 2.43. The number of aryl methyl sites for hydroxylation is 1. The first-order valence-corrected chi connectivity index (χ1v) is 6.05. The minimum Gasteiger partial charge on any atom is -0.372 e. The van der Waals surface area contributed by atoms with Gasteiger partial charge >= 0.3 is 0 Å². The second-order valence-corrected chi connectivity index (χ2v) is 4.38. The normalized spacial score (nSPS) is 10.1. The zero-order valence-electron chi connectivity index (χ0n) is 10.6. The quantitative estimate of drug-likeness (QED) is 0.905. The number of carbonyl (C=O) groups is 1. The van der Waals surface area contributed by atoms with Crippen LogP contribution in [0.3, 0.4) is 0 Å². The van der Waals surface area contributed by atoms with E-state index in [9.17, 15) is 4.79 Å². The van der Waals surface area contributed by atoms with E-state index in [0.717, 1.165) is 5.56 Å². The molecule has 1 aromatic carbocycles. The summed E-state index contributed by atoms with van der Waals surface area (Å²) in [5.74, 6) is 0.181. The van der Waals surface area contributed by atoms with Crippen molar-refractivity contribution in [1.82, 2.24) is 9.97 Å². The highest BCUT2D eigenvalue weighted by molar-refractivity contribution is 6.33. The SMILES string of the molecule is CNc1cncc(C(=O)Nc2cc(C)ccc2Cl)n1. The lowest BCUT2D eigenvalue weighted by molar-refractivity contribution is 0.102. The molecule has 0 radical (unpaired) electrons. The van der Waals surface area contributed by atoms with Crippen molar-refractivity contribution in [2.45, 2.75) is 6.92 Å². The molecule has 0 saturated heterocycles. The van der Waals surface area contributed by atoms with Gasteiger partial charge in [-0.25, -0.2) is 4.98 Å². The lowest BCUT2D eigenvalue weighted by atomic mass is 10.2. The van der Waals surface area contributed by atoms with Crippen molar-refractivity contribution in [2.24, 2.45) is 0 Å². The molecule has 5 nitrogen and oxygen atoms in total. The summed E-state index contributed by atoms with van der Waals surface area (Å²) in [6.45, 7) is 1.92. The third kappa shape index (κ3) is 3.20. The molecule has 0 bridgehead atoms. The molecular weight excluding hydrogens is 264 g/mol. The van der Waals surface area contributed by atoms with E-state index in [1.165, 1.54) is 12.4 Å². The van der Waals surface area contributed by atoms with Crippen molar-refractivity contribution in [3.05, 3.63) is 46.9 Å². The van der Waals surface area contributed by atoms with Crippen LogP contribution in [0.2, 0.25) is 5.02 Å². The molecule has 0 spiro atoms. The van der Waals surface area contributed by atoms with Crippen LogP contribution in [0.4, 0.5) is 11.5 Å². The molecule has 0 fully saturated rings. The van der Waals surface area contributed by atoms with Gasteiger partial charge in [-0.3, -0.25) is 9.78 Å². The Kier molecular flexibility index (Phi) is 3.97. The standard InChI is InChI=1S/C13H13ClN4O/c1-8-3-4-9(14)10(5-8)18-13(19)11-6-16-7-12(15-2)17-11/h3-7H,1-2H3,(H,15,17)(H,18,19). The van der Waals surface area contributed by atoms with Gasteiger partial charge in [0.15, 0.2) is 0 Å². The Hall–Kier alpha value is -2.14. The Labute approximate surface area is 116 Å². The monoisotopic (exact) mass is 276 g/mol. The van der Waals surface area contributed by atoms with E-state index >= 15 is 0 Å². The number of rotatable bonds is 3. The van der Waals surface area contributed by atoms with Crippen molar-refractivity contribution in [3.63, 3.8) is 0 Å². The predicted octanol–water partition coefficient (Wildman–Crippen LogP) is 2.73. The third-order valence-corrected chi connectivity index (χ3v) is 2.82. The van der Waals surface area contributed by atoms with E-state index in [4.69, 9.17) is 11.6 Å². The summed E-state index contributed by atoms with van der Waals surface area (Å²) >= 11 is 6.02. The van der Waals surface area contributed by atoms with E-state index in [0.29, 0.717) is 16.5 Å². The molecule has 98 valence electrons. The topological polar surface area (TPSA) is 66.9 Å². The average molecular weight is 277 g/mol. The summed E-state index contributed by atoms with van der Waals surface area (Å²) in [6.07, 6.45) is 2.94. The number of benzene rings is 1. The molecule has 6 heteroatoms. The highest BCUT2D eigenvalue weighted by Gasteiger charge is 2.11. The van der Waals surface area contributed by atoms with E-state index in [-0.39, 0.29) is 11.6 Å². The van der Waals surface area contributed by atoms with Gasteiger partial charge in [0.25, 0.3) is 5.91 Å². The van der Waals surface area contributed by atoms with E-state index in [1.807, 2.05) is 13.0 Å². The summed E-state index contributed by atoms with van der Waals surface area (Å²) in [4.78, 5) is 20.1.